The first-order valence-electron chi connectivity index (χ1n) is 7.43. The summed E-state index contributed by atoms with van der Waals surface area (Å²) >= 11 is 0. The van der Waals surface area contributed by atoms with Gasteiger partial charge in [0.2, 0.25) is 0 Å². The van der Waals surface area contributed by atoms with E-state index in [4.69, 9.17) is 10.5 Å². The summed E-state index contributed by atoms with van der Waals surface area (Å²) in [6, 6.07) is 0. The molecule has 0 spiro atoms. The van der Waals surface area contributed by atoms with Gasteiger partial charge in [-0.1, -0.05) is 6.42 Å². The summed E-state index contributed by atoms with van der Waals surface area (Å²) < 4.78 is 4.87. The van der Waals surface area contributed by atoms with Crippen LogP contribution in [-0.2, 0) is 9.53 Å². The quantitative estimate of drug-likeness (QED) is 0.383. The minimum Gasteiger partial charge on any atom is -0.384 e. The maximum Gasteiger partial charge on any atom is 0.135 e. The second kappa shape index (κ2) is 15.6. The SMILES string of the molecule is COCCC(=O)CCCNCCCCCNCCN. The number of ether oxygens (including phenoxy) is 1. The average molecular weight is 273 g/mol. The predicted molar refractivity (Wildman–Crippen MR) is 79.4 cm³/mol. The minimum atomic E-state index is 0.301. The van der Waals surface area contributed by atoms with Gasteiger partial charge in [-0.2, -0.15) is 0 Å². The molecule has 0 aromatic heterocycles. The van der Waals surface area contributed by atoms with Gasteiger partial charge in [0.05, 0.1) is 6.61 Å². The van der Waals surface area contributed by atoms with E-state index in [1.807, 2.05) is 0 Å². The van der Waals surface area contributed by atoms with Gasteiger partial charge >= 0.3 is 0 Å². The molecular formula is C14H31N3O2. The van der Waals surface area contributed by atoms with Crippen LogP contribution in [0.4, 0.5) is 0 Å². The molecule has 5 heteroatoms. The highest BCUT2D eigenvalue weighted by Crippen LogP contribution is 1.96. The fourth-order valence-corrected chi connectivity index (χ4v) is 1.78. The molecule has 0 aliphatic carbocycles. The van der Waals surface area contributed by atoms with Crippen LogP contribution >= 0.6 is 0 Å². The number of hydrogen-bond acceptors (Lipinski definition) is 5. The fourth-order valence-electron chi connectivity index (χ4n) is 1.78. The van der Waals surface area contributed by atoms with Crippen LogP contribution in [0.15, 0.2) is 0 Å². The van der Waals surface area contributed by atoms with Gasteiger partial charge in [0.1, 0.15) is 5.78 Å². The number of Topliss-reactive ketones (excluding diaryl/α,β-unsaturated/α-hetero) is 1. The van der Waals surface area contributed by atoms with Crippen LogP contribution in [0, 0.1) is 0 Å². The largest absolute Gasteiger partial charge is 0.384 e. The van der Waals surface area contributed by atoms with Crippen molar-refractivity contribution < 1.29 is 9.53 Å². The van der Waals surface area contributed by atoms with Crippen LogP contribution in [0.2, 0.25) is 0 Å². The van der Waals surface area contributed by atoms with Crippen LogP contribution in [0.25, 0.3) is 0 Å². The lowest BCUT2D eigenvalue weighted by atomic mass is 10.1. The van der Waals surface area contributed by atoms with Gasteiger partial charge in [0.15, 0.2) is 0 Å². The topological polar surface area (TPSA) is 76.4 Å². The number of nitrogens with one attached hydrogen (secondary N) is 2. The second-order valence-electron chi connectivity index (χ2n) is 4.73. The highest BCUT2D eigenvalue weighted by Gasteiger charge is 2.00. The van der Waals surface area contributed by atoms with E-state index in [1.165, 1.54) is 19.3 Å². The van der Waals surface area contributed by atoms with E-state index in [9.17, 15) is 4.79 Å². The Morgan fingerprint density at radius 2 is 1.58 bits per heavy atom. The number of rotatable bonds is 15. The molecule has 0 saturated heterocycles. The van der Waals surface area contributed by atoms with E-state index in [0.717, 1.165) is 32.6 Å². The molecule has 0 aromatic rings. The number of unbranched alkanes of at least 4 members (excludes halogenated alkanes) is 2. The summed E-state index contributed by atoms with van der Waals surface area (Å²) in [5.74, 6) is 0.301. The van der Waals surface area contributed by atoms with Gasteiger partial charge in [-0.15, -0.1) is 0 Å². The summed E-state index contributed by atoms with van der Waals surface area (Å²) in [5.41, 5.74) is 5.38. The van der Waals surface area contributed by atoms with Crippen molar-refractivity contribution in [1.29, 1.82) is 0 Å². The summed E-state index contributed by atoms with van der Waals surface area (Å²) in [7, 11) is 1.63. The van der Waals surface area contributed by atoms with Crippen molar-refractivity contribution in [2.75, 3.05) is 46.4 Å². The molecule has 0 heterocycles. The van der Waals surface area contributed by atoms with E-state index in [1.54, 1.807) is 7.11 Å². The Kier molecular flexibility index (Phi) is 15.2. The Bertz CT molecular complexity index is 201. The molecule has 0 aliphatic heterocycles. The van der Waals surface area contributed by atoms with Crippen LogP contribution in [0.3, 0.4) is 0 Å². The molecule has 114 valence electrons. The number of carbonyl (C=O) groups is 1. The lowest BCUT2D eigenvalue weighted by Gasteiger charge is -2.05. The van der Waals surface area contributed by atoms with Crippen LogP contribution in [-0.4, -0.2) is 52.2 Å². The van der Waals surface area contributed by atoms with Crippen molar-refractivity contribution in [3.05, 3.63) is 0 Å². The van der Waals surface area contributed by atoms with Crippen molar-refractivity contribution in [3.63, 3.8) is 0 Å². The van der Waals surface area contributed by atoms with Crippen molar-refractivity contribution in [2.45, 2.75) is 38.5 Å². The fraction of sp³-hybridized carbons (Fsp3) is 0.929. The molecular weight excluding hydrogens is 242 g/mol. The van der Waals surface area contributed by atoms with Crippen LogP contribution in [0.1, 0.15) is 38.5 Å². The molecule has 0 aliphatic rings. The third kappa shape index (κ3) is 15.5. The zero-order valence-corrected chi connectivity index (χ0v) is 12.4. The number of ketones is 1. The minimum absolute atomic E-state index is 0.301. The first-order chi connectivity index (χ1) is 9.31. The van der Waals surface area contributed by atoms with Gasteiger partial charge in [-0.25, -0.2) is 0 Å². The molecule has 19 heavy (non-hydrogen) atoms. The lowest BCUT2D eigenvalue weighted by Crippen LogP contribution is -2.23. The Morgan fingerprint density at radius 1 is 0.947 bits per heavy atom. The molecule has 5 nitrogen and oxygen atoms in total. The standard InChI is InChI=1S/C14H31N3O2/c1-19-13-7-14(18)6-5-11-16-9-3-2-4-10-17-12-8-15/h16-17H,2-13,15H2,1H3. The maximum atomic E-state index is 11.3. The lowest BCUT2D eigenvalue weighted by molar-refractivity contribution is -0.120. The van der Waals surface area contributed by atoms with Crippen LogP contribution < -0.4 is 16.4 Å². The average Bonchev–Trinajstić information content (AvgIpc) is 2.42. The van der Waals surface area contributed by atoms with Gasteiger partial charge in [-0.05, 0) is 38.9 Å². The molecule has 0 saturated carbocycles. The number of methoxy groups -OCH3 is 1. The molecule has 0 fully saturated rings. The Labute approximate surface area is 117 Å². The molecule has 0 atom stereocenters. The first kappa shape index (κ1) is 18.5. The predicted octanol–water partition coefficient (Wildman–Crippen LogP) is 0.680. The Balaban J connectivity index is 3.04. The van der Waals surface area contributed by atoms with E-state index >= 15 is 0 Å². The molecule has 0 unspecified atom stereocenters. The van der Waals surface area contributed by atoms with Gasteiger partial charge < -0.3 is 21.1 Å². The zero-order chi connectivity index (χ0) is 14.2. The summed E-state index contributed by atoms with van der Waals surface area (Å²) in [4.78, 5) is 11.3. The van der Waals surface area contributed by atoms with Gasteiger partial charge in [0, 0.05) is 33.0 Å². The molecule has 0 bridgehead atoms. The summed E-state index contributed by atoms with van der Waals surface area (Å²) in [6.45, 7) is 5.21. The molecule has 0 amide bonds. The van der Waals surface area contributed by atoms with Crippen molar-refractivity contribution >= 4 is 5.78 Å². The van der Waals surface area contributed by atoms with Crippen LogP contribution in [0.5, 0.6) is 0 Å². The first-order valence-corrected chi connectivity index (χ1v) is 7.43. The maximum absolute atomic E-state index is 11.3. The van der Waals surface area contributed by atoms with Crippen molar-refractivity contribution in [2.24, 2.45) is 5.73 Å². The van der Waals surface area contributed by atoms with E-state index in [0.29, 0.717) is 31.8 Å². The van der Waals surface area contributed by atoms with E-state index in [-0.39, 0.29) is 0 Å². The molecule has 0 radical (unpaired) electrons. The summed E-state index contributed by atoms with van der Waals surface area (Å²) in [6.07, 6.45) is 5.78. The second-order valence-corrected chi connectivity index (χ2v) is 4.73. The Hall–Kier alpha value is -0.490. The number of carbonyl (C=O) groups excluding carboxylic acids is 1. The molecule has 4 N–H and O–H groups in total. The molecule has 0 aromatic carbocycles. The number of hydrogen-bond donors (Lipinski definition) is 3. The monoisotopic (exact) mass is 273 g/mol. The highest BCUT2D eigenvalue weighted by atomic mass is 16.5. The van der Waals surface area contributed by atoms with E-state index < -0.39 is 0 Å². The Morgan fingerprint density at radius 3 is 2.21 bits per heavy atom. The van der Waals surface area contributed by atoms with Crippen molar-refractivity contribution in [1.82, 2.24) is 10.6 Å². The normalized spacial score (nSPS) is 10.8. The molecule has 0 rings (SSSR count). The van der Waals surface area contributed by atoms with E-state index in [2.05, 4.69) is 10.6 Å². The van der Waals surface area contributed by atoms with Gasteiger partial charge in [0.25, 0.3) is 0 Å². The van der Waals surface area contributed by atoms with Gasteiger partial charge in [-0.3, -0.25) is 4.79 Å². The smallest absolute Gasteiger partial charge is 0.135 e. The number of nitrogens with two attached hydrogens (primary N) is 1. The van der Waals surface area contributed by atoms with Crippen molar-refractivity contribution in [3.8, 4) is 0 Å². The highest BCUT2D eigenvalue weighted by molar-refractivity contribution is 5.78. The third-order valence-corrected chi connectivity index (χ3v) is 2.92. The third-order valence-electron chi connectivity index (χ3n) is 2.92. The summed E-state index contributed by atoms with van der Waals surface area (Å²) in [5, 5.41) is 6.66. The zero-order valence-electron chi connectivity index (χ0n) is 12.4.